The maximum atomic E-state index is 10.8. The van der Waals surface area contributed by atoms with Gasteiger partial charge in [-0.2, -0.15) is 0 Å². The summed E-state index contributed by atoms with van der Waals surface area (Å²) in [5, 5.41) is 8.89. The van der Waals surface area contributed by atoms with Crippen LogP contribution in [0.4, 0.5) is 0 Å². The van der Waals surface area contributed by atoms with Gasteiger partial charge in [0.15, 0.2) is 0 Å². The molecule has 1 fully saturated rings. The van der Waals surface area contributed by atoms with Gasteiger partial charge in [0.25, 0.3) is 0 Å². The van der Waals surface area contributed by atoms with Crippen molar-refractivity contribution in [2.45, 2.75) is 13.0 Å². The summed E-state index contributed by atoms with van der Waals surface area (Å²) < 4.78 is 11.1. The van der Waals surface area contributed by atoms with Crippen molar-refractivity contribution in [3.8, 4) is 5.75 Å². The number of hydrogen-bond donors (Lipinski definition) is 1. The largest absolute Gasteiger partial charge is 0.492 e. The monoisotopic (exact) mass is 265 g/mol. The first-order valence-electron chi connectivity index (χ1n) is 6.45. The molecule has 1 aromatic carbocycles. The lowest BCUT2D eigenvalue weighted by molar-refractivity contribution is -0.0214. The molecule has 0 saturated carbocycles. The number of carboxylic acid groups (broad SMARTS) is 1. The zero-order chi connectivity index (χ0) is 13.7. The van der Waals surface area contributed by atoms with E-state index in [1.54, 1.807) is 24.3 Å². The van der Waals surface area contributed by atoms with E-state index >= 15 is 0 Å². The average molecular weight is 265 g/mol. The Morgan fingerprint density at radius 2 is 2.42 bits per heavy atom. The molecule has 1 unspecified atom stereocenters. The van der Waals surface area contributed by atoms with Crippen LogP contribution in [0, 0.1) is 0 Å². The summed E-state index contributed by atoms with van der Waals surface area (Å²) in [6, 6.07) is 6.56. The van der Waals surface area contributed by atoms with E-state index in [0.717, 1.165) is 26.2 Å². The lowest BCUT2D eigenvalue weighted by Crippen LogP contribution is -2.42. The highest BCUT2D eigenvalue weighted by molar-refractivity contribution is 5.87. The number of nitrogens with zero attached hydrogens (tertiary/aromatic N) is 1. The van der Waals surface area contributed by atoms with Gasteiger partial charge in [0.05, 0.1) is 18.3 Å². The first-order chi connectivity index (χ1) is 9.15. The number of carboxylic acids is 1. The Morgan fingerprint density at radius 1 is 1.58 bits per heavy atom. The molecule has 1 aromatic rings. The Morgan fingerprint density at radius 3 is 3.16 bits per heavy atom. The molecule has 1 atom stereocenters. The molecule has 0 aromatic heterocycles. The normalized spacial score (nSPS) is 20.2. The molecule has 1 saturated heterocycles. The topological polar surface area (TPSA) is 59.0 Å². The van der Waals surface area contributed by atoms with Crippen molar-refractivity contribution in [2.75, 3.05) is 32.8 Å². The van der Waals surface area contributed by atoms with Crippen molar-refractivity contribution in [3.63, 3.8) is 0 Å². The standard InChI is InChI=1S/C14H19NO4/c1-11-10-15(5-7-18-11)6-8-19-13-4-2-3-12(9-13)14(16)17/h2-4,9,11H,5-8,10H2,1H3,(H,16,17). The maximum absolute atomic E-state index is 10.8. The van der Waals surface area contributed by atoms with Crippen LogP contribution in [0.2, 0.25) is 0 Å². The van der Waals surface area contributed by atoms with Crippen molar-refractivity contribution in [2.24, 2.45) is 0 Å². The Balaban J connectivity index is 1.79. The van der Waals surface area contributed by atoms with Gasteiger partial charge in [0.1, 0.15) is 12.4 Å². The minimum Gasteiger partial charge on any atom is -0.492 e. The van der Waals surface area contributed by atoms with E-state index in [1.807, 2.05) is 0 Å². The molecule has 19 heavy (non-hydrogen) atoms. The van der Waals surface area contributed by atoms with Crippen LogP contribution in [-0.4, -0.2) is 54.9 Å². The Bertz CT molecular complexity index is 435. The van der Waals surface area contributed by atoms with Crippen LogP contribution in [0.15, 0.2) is 24.3 Å². The predicted octanol–water partition coefficient (Wildman–Crippen LogP) is 1.48. The number of aromatic carboxylic acids is 1. The zero-order valence-electron chi connectivity index (χ0n) is 11.0. The lowest BCUT2D eigenvalue weighted by Gasteiger charge is -2.30. The molecule has 1 aliphatic rings. The molecular weight excluding hydrogens is 246 g/mol. The molecule has 0 bridgehead atoms. The number of rotatable bonds is 5. The smallest absolute Gasteiger partial charge is 0.335 e. The van der Waals surface area contributed by atoms with Crippen molar-refractivity contribution in [1.29, 1.82) is 0 Å². The number of ether oxygens (including phenoxy) is 2. The summed E-state index contributed by atoms with van der Waals surface area (Å²) in [6.07, 6.45) is 0.268. The summed E-state index contributed by atoms with van der Waals surface area (Å²) in [4.78, 5) is 13.1. The van der Waals surface area contributed by atoms with Gasteiger partial charge in [0, 0.05) is 19.6 Å². The van der Waals surface area contributed by atoms with Crippen LogP contribution in [0.1, 0.15) is 17.3 Å². The van der Waals surface area contributed by atoms with Crippen LogP contribution in [0.3, 0.4) is 0 Å². The van der Waals surface area contributed by atoms with Gasteiger partial charge in [-0.25, -0.2) is 4.79 Å². The zero-order valence-corrected chi connectivity index (χ0v) is 11.0. The summed E-state index contributed by atoms with van der Waals surface area (Å²) >= 11 is 0. The molecule has 1 heterocycles. The lowest BCUT2D eigenvalue weighted by atomic mass is 10.2. The van der Waals surface area contributed by atoms with Crippen molar-refractivity contribution in [1.82, 2.24) is 4.90 Å². The van der Waals surface area contributed by atoms with Crippen molar-refractivity contribution < 1.29 is 19.4 Å². The summed E-state index contributed by atoms with van der Waals surface area (Å²) in [5.41, 5.74) is 0.248. The SMILES string of the molecule is CC1CN(CCOc2cccc(C(=O)O)c2)CCO1. The Labute approximate surface area is 112 Å². The number of benzene rings is 1. The molecule has 0 aliphatic carbocycles. The molecule has 1 aliphatic heterocycles. The third-order valence-electron chi connectivity index (χ3n) is 3.08. The molecular formula is C14H19NO4. The van der Waals surface area contributed by atoms with Crippen LogP contribution in [-0.2, 0) is 4.74 Å². The highest BCUT2D eigenvalue weighted by Crippen LogP contribution is 2.13. The second-order valence-corrected chi connectivity index (χ2v) is 4.66. The summed E-state index contributed by atoms with van der Waals surface area (Å²) in [7, 11) is 0. The summed E-state index contributed by atoms with van der Waals surface area (Å²) in [5.74, 6) is -0.339. The van der Waals surface area contributed by atoms with Crippen molar-refractivity contribution >= 4 is 5.97 Å². The van der Waals surface area contributed by atoms with Crippen LogP contribution in [0.25, 0.3) is 0 Å². The van der Waals surface area contributed by atoms with E-state index in [2.05, 4.69) is 11.8 Å². The van der Waals surface area contributed by atoms with E-state index in [0.29, 0.717) is 12.4 Å². The quantitative estimate of drug-likeness (QED) is 0.874. The van der Waals surface area contributed by atoms with E-state index in [9.17, 15) is 4.79 Å². The van der Waals surface area contributed by atoms with Crippen LogP contribution in [0.5, 0.6) is 5.75 Å². The molecule has 2 rings (SSSR count). The number of hydrogen-bond acceptors (Lipinski definition) is 4. The highest BCUT2D eigenvalue weighted by atomic mass is 16.5. The van der Waals surface area contributed by atoms with Gasteiger partial charge < -0.3 is 14.6 Å². The van der Waals surface area contributed by atoms with E-state index < -0.39 is 5.97 Å². The third kappa shape index (κ3) is 4.22. The second kappa shape index (κ2) is 6.54. The first kappa shape index (κ1) is 13.8. The minimum absolute atomic E-state index is 0.248. The van der Waals surface area contributed by atoms with Gasteiger partial charge >= 0.3 is 5.97 Å². The first-order valence-corrected chi connectivity index (χ1v) is 6.45. The number of morpholine rings is 1. The molecule has 5 heteroatoms. The fourth-order valence-electron chi connectivity index (χ4n) is 2.11. The summed E-state index contributed by atoms with van der Waals surface area (Å²) in [6.45, 7) is 6.03. The molecule has 5 nitrogen and oxygen atoms in total. The van der Waals surface area contributed by atoms with Crippen LogP contribution >= 0.6 is 0 Å². The predicted molar refractivity (Wildman–Crippen MR) is 70.8 cm³/mol. The van der Waals surface area contributed by atoms with Gasteiger partial charge in [-0.3, -0.25) is 4.90 Å². The van der Waals surface area contributed by atoms with E-state index in [4.69, 9.17) is 14.6 Å². The molecule has 104 valence electrons. The average Bonchev–Trinajstić information content (AvgIpc) is 2.39. The third-order valence-corrected chi connectivity index (χ3v) is 3.08. The Hall–Kier alpha value is -1.59. The Kier molecular flexibility index (Phi) is 4.76. The van der Waals surface area contributed by atoms with Gasteiger partial charge in [-0.15, -0.1) is 0 Å². The molecule has 0 radical (unpaired) electrons. The van der Waals surface area contributed by atoms with E-state index in [1.165, 1.54) is 0 Å². The van der Waals surface area contributed by atoms with Crippen molar-refractivity contribution in [3.05, 3.63) is 29.8 Å². The maximum Gasteiger partial charge on any atom is 0.335 e. The molecule has 1 N–H and O–H groups in total. The highest BCUT2D eigenvalue weighted by Gasteiger charge is 2.16. The molecule has 0 spiro atoms. The van der Waals surface area contributed by atoms with E-state index in [-0.39, 0.29) is 11.7 Å². The minimum atomic E-state index is -0.938. The van der Waals surface area contributed by atoms with Crippen LogP contribution < -0.4 is 4.74 Å². The number of carbonyl (C=O) groups is 1. The second-order valence-electron chi connectivity index (χ2n) is 4.66. The fourth-order valence-corrected chi connectivity index (χ4v) is 2.11. The van der Waals surface area contributed by atoms with Gasteiger partial charge in [0.2, 0.25) is 0 Å². The fraction of sp³-hybridized carbons (Fsp3) is 0.500. The van der Waals surface area contributed by atoms with Gasteiger partial charge in [-0.05, 0) is 25.1 Å². The molecule has 0 amide bonds. The van der Waals surface area contributed by atoms with Gasteiger partial charge in [-0.1, -0.05) is 6.07 Å².